The van der Waals surface area contributed by atoms with Gasteiger partial charge in [0.1, 0.15) is 6.61 Å². The van der Waals surface area contributed by atoms with Crippen molar-refractivity contribution in [3.63, 3.8) is 0 Å². The molecule has 29 heavy (non-hydrogen) atoms. The minimum Gasteiger partial charge on any atom is -0.465 e. The van der Waals surface area contributed by atoms with Crippen molar-refractivity contribution >= 4 is 17.6 Å². The zero-order chi connectivity index (χ0) is 20.1. The van der Waals surface area contributed by atoms with Gasteiger partial charge in [-0.3, -0.25) is 4.79 Å². The molecule has 0 radical (unpaired) electrons. The molecule has 0 bridgehead atoms. The second-order valence-electron chi connectivity index (χ2n) is 6.80. The van der Waals surface area contributed by atoms with Crippen molar-refractivity contribution in [2.24, 2.45) is 0 Å². The number of nitrogens with one attached hydrogen (secondary N) is 1. The van der Waals surface area contributed by atoms with Crippen LogP contribution in [0.25, 0.3) is 11.5 Å². The summed E-state index contributed by atoms with van der Waals surface area (Å²) in [5, 5.41) is 11.3. The van der Waals surface area contributed by atoms with Crippen molar-refractivity contribution in [2.45, 2.75) is 25.8 Å². The largest absolute Gasteiger partial charge is 0.465 e. The summed E-state index contributed by atoms with van der Waals surface area (Å²) in [5.74, 6) is 0.972. The normalized spacial score (nSPS) is 16.0. The van der Waals surface area contributed by atoms with Crippen LogP contribution in [0.3, 0.4) is 0 Å². The molecule has 0 amide bonds. The molecule has 4 rings (SSSR count). The summed E-state index contributed by atoms with van der Waals surface area (Å²) in [6, 6.07) is 10.7. The van der Waals surface area contributed by atoms with Crippen LogP contribution in [0, 0.1) is 0 Å². The highest BCUT2D eigenvalue weighted by Gasteiger charge is 2.23. The molecule has 1 fully saturated rings. The average Bonchev–Trinajstić information content (AvgIpc) is 3.39. The van der Waals surface area contributed by atoms with Gasteiger partial charge in [0.05, 0.1) is 12.0 Å². The smallest absolute Gasteiger partial charge is 0.302 e. The van der Waals surface area contributed by atoms with E-state index in [1.165, 1.54) is 12.6 Å². The van der Waals surface area contributed by atoms with Gasteiger partial charge >= 0.3 is 5.97 Å². The van der Waals surface area contributed by atoms with E-state index < -0.39 is 0 Å². The highest BCUT2D eigenvalue weighted by Crippen LogP contribution is 2.22. The Labute approximate surface area is 168 Å². The van der Waals surface area contributed by atoms with E-state index in [2.05, 4.69) is 54.6 Å². The topological polar surface area (TPSA) is 106 Å². The van der Waals surface area contributed by atoms with Gasteiger partial charge in [0, 0.05) is 44.1 Å². The van der Waals surface area contributed by atoms with Crippen LogP contribution in [0.1, 0.15) is 19.2 Å². The van der Waals surface area contributed by atoms with Gasteiger partial charge in [-0.1, -0.05) is 18.2 Å². The molecule has 1 aliphatic rings. The summed E-state index contributed by atoms with van der Waals surface area (Å²) < 4.78 is 10.4. The molecule has 1 aromatic carbocycles. The predicted octanol–water partition coefficient (Wildman–Crippen LogP) is 2.32. The molecule has 150 valence electrons. The maximum absolute atomic E-state index is 10.8. The van der Waals surface area contributed by atoms with E-state index in [-0.39, 0.29) is 18.6 Å². The maximum Gasteiger partial charge on any atom is 0.302 e. The minimum atomic E-state index is -0.338. The molecule has 3 heterocycles. The lowest BCUT2D eigenvalue weighted by Gasteiger charge is -2.18. The van der Waals surface area contributed by atoms with E-state index in [0.717, 1.165) is 19.5 Å². The van der Waals surface area contributed by atoms with Gasteiger partial charge in [0.25, 0.3) is 5.89 Å². The van der Waals surface area contributed by atoms with Crippen LogP contribution in [0.5, 0.6) is 0 Å². The Hall–Kier alpha value is -3.49. The third kappa shape index (κ3) is 4.87. The Balaban J connectivity index is 1.32. The lowest BCUT2D eigenvalue weighted by molar-refractivity contribution is -0.140. The van der Waals surface area contributed by atoms with Crippen LogP contribution in [0.2, 0.25) is 0 Å². The first-order chi connectivity index (χ1) is 14.2. The standard InChI is InChI=1S/C20H22N6O3/c1-14(27)28-10-8-18-24-25-19(29-18)15-11-21-20(22-12-15)23-16-7-9-26(13-16)17-5-3-2-4-6-17/h2-6,11-12,16H,7-10,13H2,1H3,(H,21,22,23). The number of ether oxygens (including phenoxy) is 1. The zero-order valence-electron chi connectivity index (χ0n) is 16.1. The molecule has 1 unspecified atom stereocenters. The van der Waals surface area contributed by atoms with Crippen molar-refractivity contribution in [1.29, 1.82) is 0 Å². The second-order valence-corrected chi connectivity index (χ2v) is 6.80. The lowest BCUT2D eigenvalue weighted by atomic mass is 10.3. The molecular formula is C20H22N6O3. The molecule has 0 saturated carbocycles. The number of carbonyl (C=O) groups is 1. The fourth-order valence-corrected chi connectivity index (χ4v) is 3.20. The number of aromatic nitrogens is 4. The van der Waals surface area contributed by atoms with Gasteiger partial charge in [-0.2, -0.15) is 0 Å². The summed E-state index contributed by atoms with van der Waals surface area (Å²) >= 11 is 0. The molecule has 2 aromatic heterocycles. The number of carbonyl (C=O) groups excluding carboxylic acids is 1. The number of anilines is 2. The highest BCUT2D eigenvalue weighted by atomic mass is 16.5. The monoisotopic (exact) mass is 394 g/mol. The summed E-state index contributed by atoms with van der Waals surface area (Å²) in [6.45, 7) is 3.47. The van der Waals surface area contributed by atoms with E-state index in [4.69, 9.17) is 9.15 Å². The van der Waals surface area contributed by atoms with Crippen molar-refractivity contribution in [3.05, 3.63) is 48.6 Å². The second kappa shape index (κ2) is 8.68. The summed E-state index contributed by atoms with van der Waals surface area (Å²) in [7, 11) is 0. The van der Waals surface area contributed by atoms with Gasteiger partial charge in [0.2, 0.25) is 11.8 Å². The maximum atomic E-state index is 10.8. The number of hydrogen-bond donors (Lipinski definition) is 1. The minimum absolute atomic E-state index is 0.206. The zero-order valence-corrected chi connectivity index (χ0v) is 16.1. The SMILES string of the molecule is CC(=O)OCCc1nnc(-c2cnc(NC3CCN(c4ccccc4)C3)nc2)o1. The van der Waals surface area contributed by atoms with Crippen molar-refractivity contribution < 1.29 is 13.9 Å². The van der Waals surface area contributed by atoms with Crippen molar-refractivity contribution in [2.75, 3.05) is 29.9 Å². The summed E-state index contributed by atoms with van der Waals surface area (Å²) in [5.41, 5.74) is 1.87. The highest BCUT2D eigenvalue weighted by molar-refractivity contribution is 5.65. The molecular weight excluding hydrogens is 372 g/mol. The van der Waals surface area contributed by atoms with Crippen molar-refractivity contribution in [3.8, 4) is 11.5 Å². The van der Waals surface area contributed by atoms with E-state index in [1.54, 1.807) is 12.4 Å². The Morgan fingerprint density at radius 3 is 2.79 bits per heavy atom. The molecule has 1 atom stereocenters. The van der Waals surface area contributed by atoms with Crippen LogP contribution in [0.15, 0.2) is 47.1 Å². The molecule has 1 N–H and O–H groups in total. The van der Waals surface area contributed by atoms with E-state index in [1.807, 2.05) is 6.07 Å². The van der Waals surface area contributed by atoms with Crippen LogP contribution in [-0.4, -0.2) is 51.9 Å². The van der Waals surface area contributed by atoms with Gasteiger partial charge < -0.3 is 19.4 Å². The van der Waals surface area contributed by atoms with Crippen LogP contribution in [-0.2, 0) is 16.0 Å². The van der Waals surface area contributed by atoms with Crippen molar-refractivity contribution in [1.82, 2.24) is 20.2 Å². The van der Waals surface area contributed by atoms with Gasteiger partial charge in [0.15, 0.2) is 0 Å². The van der Waals surface area contributed by atoms with Crippen LogP contribution < -0.4 is 10.2 Å². The molecule has 1 aliphatic heterocycles. The molecule has 9 heteroatoms. The number of para-hydroxylation sites is 1. The number of rotatable bonds is 7. The first-order valence-electron chi connectivity index (χ1n) is 9.52. The number of nitrogens with zero attached hydrogens (tertiary/aromatic N) is 5. The quantitative estimate of drug-likeness (QED) is 0.604. The van der Waals surface area contributed by atoms with E-state index >= 15 is 0 Å². The van der Waals surface area contributed by atoms with Crippen LogP contribution in [0.4, 0.5) is 11.6 Å². The predicted molar refractivity (Wildman–Crippen MR) is 106 cm³/mol. The average molecular weight is 394 g/mol. The van der Waals surface area contributed by atoms with E-state index in [0.29, 0.717) is 29.7 Å². The summed E-state index contributed by atoms with van der Waals surface area (Å²) in [6.07, 6.45) is 4.70. The Morgan fingerprint density at radius 1 is 1.24 bits per heavy atom. The number of hydrogen-bond acceptors (Lipinski definition) is 9. The fourth-order valence-electron chi connectivity index (χ4n) is 3.20. The third-order valence-electron chi connectivity index (χ3n) is 4.63. The lowest BCUT2D eigenvalue weighted by Crippen LogP contribution is -2.26. The first-order valence-corrected chi connectivity index (χ1v) is 9.52. The molecule has 3 aromatic rings. The first kappa shape index (κ1) is 18.9. The molecule has 1 saturated heterocycles. The molecule has 9 nitrogen and oxygen atoms in total. The fraction of sp³-hybridized carbons (Fsp3) is 0.350. The van der Waals surface area contributed by atoms with Gasteiger partial charge in [-0.25, -0.2) is 9.97 Å². The Bertz CT molecular complexity index is 944. The number of benzene rings is 1. The van der Waals surface area contributed by atoms with Gasteiger partial charge in [-0.05, 0) is 18.6 Å². The van der Waals surface area contributed by atoms with Crippen LogP contribution >= 0.6 is 0 Å². The molecule has 0 spiro atoms. The Morgan fingerprint density at radius 2 is 2.03 bits per heavy atom. The third-order valence-corrected chi connectivity index (χ3v) is 4.63. The van der Waals surface area contributed by atoms with Gasteiger partial charge in [-0.15, -0.1) is 10.2 Å². The summed E-state index contributed by atoms with van der Waals surface area (Å²) in [4.78, 5) is 21.9. The Kier molecular flexibility index (Phi) is 5.64. The molecule has 0 aliphatic carbocycles. The number of esters is 1. The van der Waals surface area contributed by atoms with E-state index in [9.17, 15) is 4.79 Å².